The van der Waals surface area contributed by atoms with E-state index in [0.29, 0.717) is 17.3 Å². The van der Waals surface area contributed by atoms with Crippen LogP contribution in [0.25, 0.3) is 0 Å². The Morgan fingerprint density at radius 2 is 1.82 bits per heavy atom. The molecule has 178 valence electrons. The van der Waals surface area contributed by atoms with Gasteiger partial charge in [-0.15, -0.1) is 0 Å². The van der Waals surface area contributed by atoms with E-state index in [0.717, 1.165) is 5.56 Å². The molecule has 1 aliphatic rings. The highest BCUT2D eigenvalue weighted by molar-refractivity contribution is 7.89. The molecule has 1 atom stereocenters. The predicted molar refractivity (Wildman–Crippen MR) is 119 cm³/mol. The molecule has 1 unspecified atom stereocenters. The first kappa shape index (κ1) is 23.3. The molecule has 10 nitrogen and oxygen atoms in total. The van der Waals surface area contributed by atoms with Crippen LogP contribution in [0.1, 0.15) is 34.6 Å². The topological polar surface area (TPSA) is 133 Å². The van der Waals surface area contributed by atoms with Crippen molar-refractivity contribution < 1.29 is 36.6 Å². The van der Waals surface area contributed by atoms with E-state index in [1.165, 1.54) is 30.5 Å². The van der Waals surface area contributed by atoms with Crippen LogP contribution in [0.5, 0.6) is 11.5 Å². The smallest absolute Gasteiger partial charge is 0.338 e. The summed E-state index contributed by atoms with van der Waals surface area (Å²) in [4.78, 5) is 24.5. The lowest BCUT2D eigenvalue weighted by atomic mass is 10.1. The van der Waals surface area contributed by atoms with Crippen molar-refractivity contribution in [1.29, 1.82) is 0 Å². The molecule has 1 amide bonds. The van der Waals surface area contributed by atoms with Gasteiger partial charge >= 0.3 is 5.97 Å². The molecular formula is C23H22N2O8S. The fourth-order valence-corrected chi connectivity index (χ4v) is 4.19. The molecular weight excluding hydrogens is 464 g/mol. The van der Waals surface area contributed by atoms with Gasteiger partial charge < -0.3 is 23.9 Å². The molecule has 0 radical (unpaired) electrons. The number of carbonyl (C=O) groups excluding carboxylic acids is 2. The van der Waals surface area contributed by atoms with Crippen molar-refractivity contribution in [3.05, 3.63) is 77.7 Å². The standard InChI is InChI=1S/C23H22N2O8S/c1-15(17-6-9-20-21(11-17)33-14-32-20)25-22(26)13-31-23(27)16-4-7-19(8-5-16)34(28,29)24-12-18-3-2-10-30-18/h2-11,15,24H,12-14H2,1H3,(H,25,26). The number of benzene rings is 2. The van der Waals surface area contributed by atoms with Gasteiger partial charge in [-0.25, -0.2) is 17.9 Å². The maximum absolute atomic E-state index is 12.4. The average Bonchev–Trinajstić information content (AvgIpc) is 3.53. The van der Waals surface area contributed by atoms with Crippen molar-refractivity contribution in [2.24, 2.45) is 0 Å². The van der Waals surface area contributed by atoms with E-state index in [-0.39, 0.29) is 29.8 Å². The highest BCUT2D eigenvalue weighted by atomic mass is 32.2. The molecule has 2 aromatic carbocycles. The van der Waals surface area contributed by atoms with Crippen LogP contribution in [-0.2, 0) is 26.1 Å². The van der Waals surface area contributed by atoms with Crippen molar-refractivity contribution in [2.45, 2.75) is 24.4 Å². The van der Waals surface area contributed by atoms with Gasteiger partial charge in [-0.2, -0.15) is 0 Å². The number of hydrogen-bond donors (Lipinski definition) is 2. The minimum atomic E-state index is -3.79. The van der Waals surface area contributed by atoms with Crippen molar-refractivity contribution >= 4 is 21.9 Å². The summed E-state index contributed by atoms with van der Waals surface area (Å²) in [7, 11) is -3.79. The predicted octanol–water partition coefficient (Wildman–Crippen LogP) is 2.52. The van der Waals surface area contributed by atoms with Gasteiger partial charge in [0.25, 0.3) is 5.91 Å². The molecule has 0 aliphatic carbocycles. The van der Waals surface area contributed by atoms with Crippen LogP contribution in [0.15, 0.2) is 70.2 Å². The molecule has 0 saturated carbocycles. The van der Waals surface area contributed by atoms with Gasteiger partial charge in [0.2, 0.25) is 16.8 Å². The van der Waals surface area contributed by atoms with Gasteiger partial charge in [-0.3, -0.25) is 4.79 Å². The Kier molecular flexibility index (Phi) is 6.85. The number of nitrogens with one attached hydrogen (secondary N) is 2. The van der Waals surface area contributed by atoms with Crippen molar-refractivity contribution in [3.63, 3.8) is 0 Å². The number of esters is 1. The Balaban J connectivity index is 1.27. The molecule has 2 heterocycles. The Morgan fingerprint density at radius 1 is 1.06 bits per heavy atom. The first-order chi connectivity index (χ1) is 16.3. The van der Waals surface area contributed by atoms with Crippen molar-refractivity contribution in [3.8, 4) is 11.5 Å². The fraction of sp³-hybridized carbons (Fsp3) is 0.217. The highest BCUT2D eigenvalue weighted by Crippen LogP contribution is 2.34. The lowest BCUT2D eigenvalue weighted by Crippen LogP contribution is -2.31. The summed E-state index contributed by atoms with van der Waals surface area (Å²) in [5.41, 5.74) is 0.919. The van der Waals surface area contributed by atoms with E-state index in [4.69, 9.17) is 18.6 Å². The number of sulfonamides is 1. The molecule has 34 heavy (non-hydrogen) atoms. The van der Waals surface area contributed by atoms with Crippen molar-refractivity contribution in [1.82, 2.24) is 10.0 Å². The Morgan fingerprint density at radius 3 is 2.56 bits per heavy atom. The Labute approximate surface area is 195 Å². The Hall–Kier alpha value is -3.83. The van der Waals surface area contributed by atoms with E-state index in [1.54, 1.807) is 31.2 Å². The number of carbonyl (C=O) groups is 2. The zero-order valence-electron chi connectivity index (χ0n) is 18.1. The summed E-state index contributed by atoms with van der Waals surface area (Å²) < 4.78 is 47.9. The van der Waals surface area contributed by atoms with E-state index in [9.17, 15) is 18.0 Å². The second-order valence-electron chi connectivity index (χ2n) is 7.41. The molecule has 3 aromatic rings. The van der Waals surface area contributed by atoms with Crippen LogP contribution in [0.4, 0.5) is 0 Å². The van der Waals surface area contributed by atoms with E-state index < -0.39 is 28.5 Å². The third kappa shape index (κ3) is 5.56. The molecule has 0 spiro atoms. The van der Waals surface area contributed by atoms with Gasteiger partial charge in [0, 0.05) is 0 Å². The fourth-order valence-electron chi connectivity index (χ4n) is 3.20. The van der Waals surface area contributed by atoms with E-state index >= 15 is 0 Å². The quantitative estimate of drug-likeness (QED) is 0.441. The molecule has 1 aromatic heterocycles. The number of amides is 1. The first-order valence-electron chi connectivity index (χ1n) is 10.3. The lowest BCUT2D eigenvalue weighted by molar-refractivity contribution is -0.124. The second kappa shape index (κ2) is 9.98. The largest absolute Gasteiger partial charge is 0.468 e. The number of furan rings is 1. The summed E-state index contributed by atoms with van der Waals surface area (Å²) in [6.07, 6.45) is 1.45. The van der Waals surface area contributed by atoms with Gasteiger partial charge in [-0.1, -0.05) is 6.07 Å². The minimum absolute atomic E-state index is 0.00107. The number of rotatable bonds is 9. The van der Waals surface area contributed by atoms with Crippen LogP contribution in [-0.4, -0.2) is 33.7 Å². The maximum Gasteiger partial charge on any atom is 0.338 e. The third-order valence-electron chi connectivity index (χ3n) is 5.03. The number of ether oxygens (including phenoxy) is 3. The second-order valence-corrected chi connectivity index (χ2v) is 9.17. The number of hydrogen-bond acceptors (Lipinski definition) is 8. The summed E-state index contributed by atoms with van der Waals surface area (Å²) in [5.74, 6) is 0.475. The van der Waals surface area contributed by atoms with E-state index in [1.807, 2.05) is 6.07 Å². The Bertz CT molecular complexity index is 1270. The molecule has 0 bridgehead atoms. The highest BCUT2D eigenvalue weighted by Gasteiger charge is 2.19. The molecule has 1 aliphatic heterocycles. The SMILES string of the molecule is CC(NC(=O)COC(=O)c1ccc(S(=O)(=O)NCc2ccco2)cc1)c1ccc2c(c1)OCO2. The average molecular weight is 487 g/mol. The molecule has 0 fully saturated rings. The summed E-state index contributed by atoms with van der Waals surface area (Å²) in [6.45, 7) is 1.46. The van der Waals surface area contributed by atoms with Crippen LogP contribution < -0.4 is 19.5 Å². The van der Waals surface area contributed by atoms with Gasteiger partial charge in [0.05, 0.1) is 29.3 Å². The van der Waals surface area contributed by atoms with Crippen LogP contribution in [0.3, 0.4) is 0 Å². The zero-order chi connectivity index (χ0) is 24.1. The van der Waals surface area contributed by atoms with Crippen molar-refractivity contribution in [2.75, 3.05) is 13.4 Å². The normalized spacial score (nSPS) is 13.3. The van der Waals surface area contributed by atoms with Crippen LogP contribution in [0.2, 0.25) is 0 Å². The number of fused-ring (bicyclic) bond motifs is 1. The van der Waals surface area contributed by atoms with Gasteiger partial charge in [0.1, 0.15) is 5.76 Å². The van der Waals surface area contributed by atoms with E-state index in [2.05, 4.69) is 10.0 Å². The minimum Gasteiger partial charge on any atom is -0.468 e. The summed E-state index contributed by atoms with van der Waals surface area (Å²) in [5, 5.41) is 2.74. The molecule has 4 rings (SSSR count). The molecule has 11 heteroatoms. The zero-order valence-corrected chi connectivity index (χ0v) is 19.0. The first-order valence-corrected chi connectivity index (χ1v) is 11.8. The van der Waals surface area contributed by atoms with Gasteiger partial charge in [-0.05, 0) is 61.0 Å². The lowest BCUT2D eigenvalue weighted by Gasteiger charge is -2.15. The molecule has 2 N–H and O–H groups in total. The summed E-state index contributed by atoms with van der Waals surface area (Å²) >= 11 is 0. The summed E-state index contributed by atoms with van der Waals surface area (Å²) in [6, 6.07) is 13.5. The van der Waals surface area contributed by atoms with Crippen LogP contribution in [0, 0.1) is 0 Å². The van der Waals surface area contributed by atoms with Crippen LogP contribution >= 0.6 is 0 Å². The van der Waals surface area contributed by atoms with Gasteiger partial charge in [0.15, 0.2) is 18.1 Å². The monoisotopic (exact) mass is 486 g/mol. The maximum atomic E-state index is 12.4. The third-order valence-corrected chi connectivity index (χ3v) is 6.44. The molecule has 0 saturated heterocycles.